The van der Waals surface area contributed by atoms with E-state index < -0.39 is 0 Å². The van der Waals surface area contributed by atoms with Gasteiger partial charge >= 0.3 is 0 Å². The Labute approximate surface area is 85.0 Å². The summed E-state index contributed by atoms with van der Waals surface area (Å²) in [5, 5.41) is 0. The Morgan fingerprint density at radius 3 is 3.00 bits per heavy atom. The Balaban J connectivity index is 2.60. The molecule has 1 unspecified atom stereocenters. The molecule has 3 heteroatoms. The van der Waals surface area contributed by atoms with Crippen LogP contribution in [0, 0.1) is 12.7 Å². The third kappa shape index (κ3) is 1.51. The van der Waals surface area contributed by atoms with Crippen LogP contribution in [0.4, 0.5) is 4.39 Å². The van der Waals surface area contributed by atoms with E-state index in [0.29, 0.717) is 12.2 Å². The van der Waals surface area contributed by atoms with Gasteiger partial charge in [0.1, 0.15) is 5.82 Å². The van der Waals surface area contributed by atoms with Crippen LogP contribution in [0.1, 0.15) is 17.2 Å². The van der Waals surface area contributed by atoms with Gasteiger partial charge in [-0.1, -0.05) is 15.9 Å². The van der Waals surface area contributed by atoms with E-state index in [1.54, 1.807) is 6.07 Å². The van der Waals surface area contributed by atoms with Gasteiger partial charge in [0, 0.05) is 10.0 Å². The van der Waals surface area contributed by atoms with Gasteiger partial charge in [0.15, 0.2) is 0 Å². The van der Waals surface area contributed by atoms with Gasteiger partial charge in [0.25, 0.3) is 0 Å². The van der Waals surface area contributed by atoms with E-state index in [4.69, 9.17) is 4.74 Å². The fourth-order valence-corrected chi connectivity index (χ4v) is 2.14. The van der Waals surface area contributed by atoms with Crippen molar-refractivity contribution in [2.24, 2.45) is 0 Å². The standard InChI is InChI=1S/C10H9BrFO/c1-6-10-7(4-5-13-6)8(11)2-3-9(10)12/h2-3,6H,1,4-5H2. The van der Waals surface area contributed by atoms with Crippen molar-refractivity contribution in [2.75, 3.05) is 6.61 Å². The van der Waals surface area contributed by atoms with Crippen LogP contribution in [-0.2, 0) is 11.2 Å². The fourth-order valence-electron chi connectivity index (χ4n) is 1.60. The summed E-state index contributed by atoms with van der Waals surface area (Å²) in [5.74, 6) is -0.224. The molecule has 0 aliphatic carbocycles. The summed E-state index contributed by atoms with van der Waals surface area (Å²) in [6.07, 6.45) is 0.376. The van der Waals surface area contributed by atoms with Crippen LogP contribution in [-0.4, -0.2) is 6.61 Å². The van der Waals surface area contributed by atoms with Crippen molar-refractivity contribution < 1.29 is 9.13 Å². The second kappa shape index (κ2) is 3.39. The molecule has 0 spiro atoms. The maximum atomic E-state index is 13.4. The highest BCUT2D eigenvalue weighted by Crippen LogP contribution is 2.33. The van der Waals surface area contributed by atoms with Crippen LogP contribution < -0.4 is 0 Å². The lowest BCUT2D eigenvalue weighted by atomic mass is 9.98. The number of benzene rings is 1. The molecule has 0 bridgehead atoms. The Kier molecular flexibility index (Phi) is 2.39. The van der Waals surface area contributed by atoms with Crippen molar-refractivity contribution >= 4 is 15.9 Å². The van der Waals surface area contributed by atoms with Gasteiger partial charge in [-0.2, -0.15) is 0 Å². The first-order valence-corrected chi connectivity index (χ1v) is 4.91. The molecule has 13 heavy (non-hydrogen) atoms. The van der Waals surface area contributed by atoms with E-state index in [1.807, 2.05) is 0 Å². The second-order valence-corrected chi connectivity index (χ2v) is 3.89. The van der Waals surface area contributed by atoms with E-state index in [-0.39, 0.29) is 11.9 Å². The molecule has 0 aromatic heterocycles. The van der Waals surface area contributed by atoms with Crippen LogP contribution in [0.5, 0.6) is 0 Å². The number of fused-ring (bicyclic) bond motifs is 1. The van der Waals surface area contributed by atoms with Gasteiger partial charge in [-0.25, -0.2) is 4.39 Å². The third-order valence-electron chi connectivity index (χ3n) is 2.24. The van der Waals surface area contributed by atoms with Crippen LogP contribution >= 0.6 is 15.9 Å². The van der Waals surface area contributed by atoms with Gasteiger partial charge in [0.05, 0.1) is 12.7 Å². The molecule has 1 aromatic rings. The molecule has 1 heterocycles. The molecule has 69 valence electrons. The molecule has 1 aliphatic heterocycles. The monoisotopic (exact) mass is 243 g/mol. The SMILES string of the molecule is [CH2]C1OCCc2c(Br)ccc(F)c21. The number of halogens is 2. The van der Waals surface area contributed by atoms with Gasteiger partial charge in [-0.3, -0.25) is 0 Å². The third-order valence-corrected chi connectivity index (χ3v) is 2.98. The fraction of sp³-hybridized carbons (Fsp3) is 0.300. The molecule has 2 rings (SSSR count). The number of ether oxygens (including phenoxy) is 1. The molecule has 0 saturated carbocycles. The van der Waals surface area contributed by atoms with Crippen LogP contribution in [0.25, 0.3) is 0 Å². The molecular weight excluding hydrogens is 235 g/mol. The van der Waals surface area contributed by atoms with Crippen LogP contribution in [0.3, 0.4) is 0 Å². The van der Waals surface area contributed by atoms with E-state index in [9.17, 15) is 4.39 Å². The summed E-state index contributed by atoms with van der Waals surface area (Å²) >= 11 is 3.39. The number of hydrogen-bond acceptors (Lipinski definition) is 1. The maximum Gasteiger partial charge on any atom is 0.129 e. The Morgan fingerprint density at radius 1 is 1.54 bits per heavy atom. The van der Waals surface area contributed by atoms with Crippen LogP contribution in [0.2, 0.25) is 0 Å². The minimum Gasteiger partial charge on any atom is -0.373 e. The first-order valence-electron chi connectivity index (χ1n) is 4.11. The molecule has 1 atom stereocenters. The number of hydrogen-bond donors (Lipinski definition) is 0. The quantitative estimate of drug-likeness (QED) is 0.681. The first kappa shape index (κ1) is 9.16. The average Bonchev–Trinajstić information content (AvgIpc) is 2.12. The van der Waals surface area contributed by atoms with E-state index >= 15 is 0 Å². The zero-order valence-electron chi connectivity index (χ0n) is 7.02. The molecule has 1 aliphatic rings. The molecule has 1 nitrogen and oxygen atoms in total. The molecule has 0 amide bonds. The van der Waals surface area contributed by atoms with Crippen molar-refractivity contribution in [3.63, 3.8) is 0 Å². The maximum absolute atomic E-state index is 13.4. The van der Waals surface area contributed by atoms with E-state index in [2.05, 4.69) is 22.9 Å². The van der Waals surface area contributed by atoms with Crippen molar-refractivity contribution in [1.82, 2.24) is 0 Å². The summed E-state index contributed by atoms with van der Waals surface area (Å²) in [6.45, 7) is 4.37. The van der Waals surface area contributed by atoms with Crippen molar-refractivity contribution in [3.05, 3.63) is 40.5 Å². The zero-order chi connectivity index (χ0) is 9.42. The second-order valence-electron chi connectivity index (χ2n) is 3.03. The summed E-state index contributed by atoms with van der Waals surface area (Å²) in [6, 6.07) is 3.17. The van der Waals surface area contributed by atoms with Crippen molar-refractivity contribution in [3.8, 4) is 0 Å². The molecule has 1 aromatic carbocycles. The van der Waals surface area contributed by atoms with Gasteiger partial charge in [-0.05, 0) is 31.0 Å². The summed E-state index contributed by atoms with van der Waals surface area (Å²) in [5.41, 5.74) is 1.59. The summed E-state index contributed by atoms with van der Waals surface area (Å²) in [4.78, 5) is 0. The molecular formula is C10H9BrFO. The smallest absolute Gasteiger partial charge is 0.129 e. The lowest BCUT2D eigenvalue weighted by Crippen LogP contribution is -2.16. The Bertz CT molecular complexity index is 338. The predicted octanol–water partition coefficient (Wildman–Crippen LogP) is 3.04. The highest BCUT2D eigenvalue weighted by molar-refractivity contribution is 9.10. The summed E-state index contributed by atoms with van der Waals surface area (Å²) in [7, 11) is 0. The topological polar surface area (TPSA) is 9.23 Å². The van der Waals surface area contributed by atoms with Crippen molar-refractivity contribution in [2.45, 2.75) is 12.5 Å². The van der Waals surface area contributed by atoms with Crippen LogP contribution in [0.15, 0.2) is 16.6 Å². The highest BCUT2D eigenvalue weighted by atomic mass is 79.9. The lowest BCUT2D eigenvalue weighted by molar-refractivity contribution is 0.0699. The first-order chi connectivity index (χ1) is 6.20. The largest absolute Gasteiger partial charge is 0.373 e. The normalized spacial score (nSPS) is 21.3. The molecule has 1 radical (unpaired) electrons. The van der Waals surface area contributed by atoms with E-state index in [0.717, 1.165) is 16.5 Å². The molecule has 0 N–H and O–H groups in total. The van der Waals surface area contributed by atoms with Gasteiger partial charge in [-0.15, -0.1) is 0 Å². The summed E-state index contributed by atoms with van der Waals surface area (Å²) < 4.78 is 19.6. The average molecular weight is 244 g/mol. The predicted molar refractivity (Wildman–Crippen MR) is 51.9 cm³/mol. The lowest BCUT2D eigenvalue weighted by Gasteiger charge is -2.24. The van der Waals surface area contributed by atoms with Gasteiger partial charge < -0.3 is 4.74 Å². The van der Waals surface area contributed by atoms with Crippen molar-refractivity contribution in [1.29, 1.82) is 0 Å². The Morgan fingerprint density at radius 2 is 2.31 bits per heavy atom. The zero-order valence-corrected chi connectivity index (χ0v) is 8.60. The molecule has 0 saturated heterocycles. The van der Waals surface area contributed by atoms with E-state index in [1.165, 1.54) is 6.07 Å². The number of rotatable bonds is 0. The minimum atomic E-state index is -0.374. The molecule has 0 fully saturated rings. The minimum absolute atomic E-state index is 0.224. The van der Waals surface area contributed by atoms with Gasteiger partial charge in [0.2, 0.25) is 0 Å². The highest BCUT2D eigenvalue weighted by Gasteiger charge is 2.22. The Hall–Kier alpha value is -0.410.